The predicted molar refractivity (Wildman–Crippen MR) is 67.2 cm³/mol. The topological polar surface area (TPSA) is 125 Å². The first-order valence-corrected chi connectivity index (χ1v) is 6.83. The van der Waals surface area contributed by atoms with Crippen LogP contribution in [0.2, 0.25) is 0 Å². The van der Waals surface area contributed by atoms with Gasteiger partial charge in [-0.15, -0.1) is 0 Å². The number of benzene rings is 1. The van der Waals surface area contributed by atoms with Gasteiger partial charge in [0.25, 0.3) is 0 Å². The van der Waals surface area contributed by atoms with Crippen LogP contribution in [0.1, 0.15) is 0 Å². The highest BCUT2D eigenvalue weighted by Crippen LogP contribution is 2.20. The molecule has 0 unspecified atom stereocenters. The monoisotopic (exact) mass is 265 g/mol. The summed E-state index contributed by atoms with van der Waals surface area (Å²) in [5.74, 6) is 0.218. The molecule has 2 rings (SSSR count). The third-order valence-corrected chi connectivity index (χ3v) is 3.30. The Morgan fingerprint density at radius 2 is 1.67 bits per heavy atom. The van der Waals surface area contributed by atoms with Gasteiger partial charge < -0.3 is 11.5 Å². The van der Waals surface area contributed by atoms with Crippen molar-refractivity contribution in [2.24, 2.45) is 0 Å². The largest absolute Gasteiger partial charge is 0.368 e. The molecule has 0 fully saturated rings. The summed E-state index contributed by atoms with van der Waals surface area (Å²) in [5, 5.41) is 0. The van der Waals surface area contributed by atoms with Gasteiger partial charge in [0, 0.05) is 11.8 Å². The molecule has 0 atom stereocenters. The lowest BCUT2D eigenvalue weighted by Gasteiger charge is -2.04. The lowest BCUT2D eigenvalue weighted by Crippen LogP contribution is -2.04. The van der Waals surface area contributed by atoms with E-state index in [2.05, 4.69) is 15.0 Å². The number of hydrogen-bond donors (Lipinski definition) is 2. The van der Waals surface area contributed by atoms with Crippen LogP contribution in [0.3, 0.4) is 0 Å². The second kappa shape index (κ2) is 4.22. The first-order chi connectivity index (χ1) is 8.36. The molecule has 2 aromatic rings. The fourth-order valence-corrected chi connectivity index (χ4v) is 2.07. The minimum atomic E-state index is -3.29. The Hall–Kier alpha value is -2.22. The first kappa shape index (κ1) is 12.2. The van der Waals surface area contributed by atoms with Gasteiger partial charge in [-0.2, -0.15) is 15.0 Å². The number of aromatic nitrogens is 3. The molecule has 1 heterocycles. The molecule has 18 heavy (non-hydrogen) atoms. The van der Waals surface area contributed by atoms with E-state index in [4.69, 9.17) is 11.5 Å². The van der Waals surface area contributed by atoms with E-state index >= 15 is 0 Å². The van der Waals surface area contributed by atoms with Gasteiger partial charge in [-0.3, -0.25) is 0 Å². The van der Waals surface area contributed by atoms with Gasteiger partial charge in [0.05, 0.1) is 4.90 Å². The van der Waals surface area contributed by atoms with Crippen molar-refractivity contribution in [1.82, 2.24) is 15.0 Å². The lowest BCUT2D eigenvalue weighted by atomic mass is 10.2. The SMILES string of the molecule is CS(=O)(=O)c1cccc(-c2nc(N)nc(N)n2)c1. The molecule has 0 bridgehead atoms. The Morgan fingerprint density at radius 3 is 2.22 bits per heavy atom. The van der Waals surface area contributed by atoms with Crippen molar-refractivity contribution < 1.29 is 8.42 Å². The second-order valence-electron chi connectivity index (χ2n) is 3.68. The maximum atomic E-state index is 11.4. The van der Waals surface area contributed by atoms with Crippen molar-refractivity contribution in [2.45, 2.75) is 4.90 Å². The Bertz CT molecular complexity index is 679. The molecular weight excluding hydrogens is 254 g/mol. The molecule has 0 saturated heterocycles. The van der Waals surface area contributed by atoms with Gasteiger partial charge in [0.1, 0.15) is 0 Å². The molecule has 0 radical (unpaired) electrons. The Kier molecular flexibility index (Phi) is 2.87. The molecule has 0 saturated carbocycles. The maximum absolute atomic E-state index is 11.4. The van der Waals surface area contributed by atoms with Crippen molar-refractivity contribution in [3.63, 3.8) is 0 Å². The number of nitrogen functional groups attached to an aromatic ring is 2. The quantitative estimate of drug-likeness (QED) is 0.789. The summed E-state index contributed by atoms with van der Waals surface area (Å²) >= 11 is 0. The minimum Gasteiger partial charge on any atom is -0.368 e. The maximum Gasteiger partial charge on any atom is 0.225 e. The summed E-state index contributed by atoms with van der Waals surface area (Å²) in [4.78, 5) is 11.6. The molecule has 4 N–H and O–H groups in total. The fourth-order valence-electron chi connectivity index (χ4n) is 1.40. The van der Waals surface area contributed by atoms with Gasteiger partial charge in [0.2, 0.25) is 11.9 Å². The summed E-state index contributed by atoms with van der Waals surface area (Å²) in [7, 11) is -3.29. The van der Waals surface area contributed by atoms with Gasteiger partial charge in [0.15, 0.2) is 15.7 Å². The van der Waals surface area contributed by atoms with E-state index in [1.54, 1.807) is 12.1 Å². The number of hydrogen-bond acceptors (Lipinski definition) is 7. The van der Waals surface area contributed by atoms with Crippen LogP contribution in [0.4, 0.5) is 11.9 Å². The van der Waals surface area contributed by atoms with Crippen LogP contribution in [0, 0.1) is 0 Å². The van der Waals surface area contributed by atoms with Gasteiger partial charge >= 0.3 is 0 Å². The summed E-state index contributed by atoms with van der Waals surface area (Å²) in [6, 6.07) is 6.22. The molecule has 8 heteroatoms. The van der Waals surface area contributed by atoms with E-state index in [-0.39, 0.29) is 22.6 Å². The molecule has 7 nitrogen and oxygen atoms in total. The molecule has 1 aromatic heterocycles. The highest BCUT2D eigenvalue weighted by atomic mass is 32.2. The summed E-state index contributed by atoms with van der Waals surface area (Å²) in [6.07, 6.45) is 1.13. The number of nitrogens with zero attached hydrogens (tertiary/aromatic N) is 3. The molecular formula is C10H11N5O2S. The number of nitrogens with two attached hydrogens (primary N) is 2. The molecule has 0 aliphatic carbocycles. The third-order valence-electron chi connectivity index (χ3n) is 2.19. The van der Waals surface area contributed by atoms with Crippen LogP contribution in [0.5, 0.6) is 0 Å². The molecule has 0 spiro atoms. The van der Waals surface area contributed by atoms with Crippen LogP contribution in [-0.2, 0) is 9.84 Å². The molecule has 0 aliphatic heterocycles. The fraction of sp³-hybridized carbons (Fsp3) is 0.100. The second-order valence-corrected chi connectivity index (χ2v) is 5.69. The number of sulfone groups is 1. The van der Waals surface area contributed by atoms with Crippen molar-refractivity contribution >= 4 is 21.7 Å². The zero-order valence-corrected chi connectivity index (χ0v) is 10.3. The van der Waals surface area contributed by atoms with Crippen LogP contribution < -0.4 is 11.5 Å². The van der Waals surface area contributed by atoms with Crippen molar-refractivity contribution in [1.29, 1.82) is 0 Å². The van der Waals surface area contributed by atoms with Gasteiger partial charge in [-0.25, -0.2) is 8.42 Å². The molecule has 1 aromatic carbocycles. The van der Waals surface area contributed by atoms with Crippen LogP contribution in [-0.4, -0.2) is 29.6 Å². The highest BCUT2D eigenvalue weighted by molar-refractivity contribution is 7.90. The summed E-state index contributed by atoms with van der Waals surface area (Å²) in [6.45, 7) is 0. The first-order valence-electron chi connectivity index (χ1n) is 4.94. The van der Waals surface area contributed by atoms with Crippen molar-refractivity contribution in [3.05, 3.63) is 24.3 Å². The zero-order chi connectivity index (χ0) is 13.3. The molecule has 0 aliphatic rings. The standard InChI is InChI=1S/C10H11N5O2S/c1-18(16,17)7-4-2-3-6(5-7)8-13-9(11)15-10(12)14-8/h2-5H,1H3,(H4,11,12,13,14,15). The minimum absolute atomic E-state index is 0.0118. The van der Waals surface area contributed by atoms with E-state index in [0.29, 0.717) is 5.56 Å². The highest BCUT2D eigenvalue weighted by Gasteiger charge is 2.10. The summed E-state index contributed by atoms with van der Waals surface area (Å²) < 4.78 is 22.9. The normalized spacial score (nSPS) is 11.4. The summed E-state index contributed by atoms with van der Waals surface area (Å²) in [5.41, 5.74) is 11.4. The molecule has 0 amide bonds. The van der Waals surface area contributed by atoms with E-state index in [1.165, 1.54) is 12.1 Å². The third kappa shape index (κ3) is 2.54. The predicted octanol–water partition coefficient (Wildman–Crippen LogP) is 0.106. The van der Waals surface area contributed by atoms with E-state index in [9.17, 15) is 8.42 Å². The average molecular weight is 265 g/mol. The average Bonchev–Trinajstić information content (AvgIpc) is 2.27. The van der Waals surface area contributed by atoms with Crippen molar-refractivity contribution in [2.75, 3.05) is 17.7 Å². The molecule has 94 valence electrons. The van der Waals surface area contributed by atoms with E-state index in [1.807, 2.05) is 0 Å². The van der Waals surface area contributed by atoms with Gasteiger partial charge in [-0.05, 0) is 12.1 Å². The van der Waals surface area contributed by atoms with E-state index in [0.717, 1.165) is 6.26 Å². The lowest BCUT2D eigenvalue weighted by molar-refractivity contribution is 0.602. The Balaban J connectivity index is 2.58. The van der Waals surface area contributed by atoms with Gasteiger partial charge in [-0.1, -0.05) is 12.1 Å². The van der Waals surface area contributed by atoms with Crippen LogP contribution >= 0.6 is 0 Å². The number of rotatable bonds is 2. The Morgan fingerprint density at radius 1 is 1.06 bits per heavy atom. The van der Waals surface area contributed by atoms with Crippen LogP contribution in [0.25, 0.3) is 11.4 Å². The van der Waals surface area contributed by atoms with E-state index < -0.39 is 9.84 Å². The number of anilines is 2. The Labute approximate surface area is 104 Å². The zero-order valence-electron chi connectivity index (χ0n) is 9.53. The van der Waals surface area contributed by atoms with Crippen molar-refractivity contribution in [3.8, 4) is 11.4 Å². The smallest absolute Gasteiger partial charge is 0.225 e. The van der Waals surface area contributed by atoms with Crippen LogP contribution in [0.15, 0.2) is 29.2 Å².